The molecule has 27 heavy (non-hydrogen) atoms. The molecule has 2 aliphatic rings. The molecule has 0 atom stereocenters. The van der Waals surface area contributed by atoms with Crippen LogP contribution in [0.1, 0.15) is 39.7 Å². The average Bonchev–Trinajstić information content (AvgIpc) is 2.62. The van der Waals surface area contributed by atoms with E-state index in [1.807, 2.05) is 18.9 Å². The number of halogens is 2. The van der Waals surface area contributed by atoms with E-state index in [0.717, 1.165) is 61.1 Å². The van der Waals surface area contributed by atoms with Crippen molar-refractivity contribution in [3.05, 3.63) is 34.1 Å². The maximum Gasteiger partial charge on any atom is 0.227 e. The zero-order valence-corrected chi connectivity index (χ0v) is 17.4. The molecule has 1 aromatic rings. The van der Waals surface area contributed by atoms with E-state index in [1.54, 1.807) is 6.07 Å². The molecule has 3 rings (SSSR count). The summed E-state index contributed by atoms with van der Waals surface area (Å²) in [6.45, 7) is 11.7. The third kappa shape index (κ3) is 4.01. The largest absolute Gasteiger partial charge is 0.338 e. The van der Waals surface area contributed by atoms with Crippen LogP contribution in [-0.4, -0.2) is 59.7 Å². The van der Waals surface area contributed by atoms with Gasteiger partial charge in [-0.1, -0.05) is 18.5 Å². The summed E-state index contributed by atoms with van der Waals surface area (Å²) >= 11 is 6.10. The van der Waals surface area contributed by atoms with Crippen LogP contribution >= 0.6 is 11.6 Å². The molecule has 1 fully saturated rings. The highest BCUT2D eigenvalue weighted by Crippen LogP contribution is 2.40. The Balaban J connectivity index is 2.21. The average molecular weight is 392 g/mol. The van der Waals surface area contributed by atoms with Crippen LogP contribution in [0.5, 0.6) is 0 Å². The third-order valence-electron chi connectivity index (χ3n) is 4.94. The molecule has 2 heterocycles. The zero-order chi connectivity index (χ0) is 19.7. The van der Waals surface area contributed by atoms with Crippen molar-refractivity contribution in [3.8, 4) is 0 Å². The zero-order valence-electron chi connectivity index (χ0n) is 16.7. The van der Waals surface area contributed by atoms with Gasteiger partial charge in [0.2, 0.25) is 5.96 Å². The first-order chi connectivity index (χ1) is 12.8. The molecule has 1 saturated heterocycles. The van der Waals surface area contributed by atoms with E-state index < -0.39 is 5.82 Å². The summed E-state index contributed by atoms with van der Waals surface area (Å²) in [5.74, 6) is 0.301. The molecule has 0 aliphatic carbocycles. The SMILES string of the molecule is CC/C(C)=C1\c2cc(Cl)c(F)cc2N=C(N2CCN(C)CC2)N1N=C(C)C. The van der Waals surface area contributed by atoms with Crippen molar-refractivity contribution in [2.24, 2.45) is 10.1 Å². The Bertz CT molecular complexity index is 818. The lowest BCUT2D eigenvalue weighted by Gasteiger charge is -2.40. The fraction of sp³-hybridized carbons (Fsp3) is 0.500. The number of likely N-dealkylation sites (N-methyl/N-ethyl adjacent to an activating group) is 1. The molecule has 0 spiro atoms. The minimum atomic E-state index is -0.450. The Labute approximate surface area is 165 Å². The molecule has 0 radical (unpaired) electrons. The van der Waals surface area contributed by atoms with Crippen LogP contribution in [0.25, 0.3) is 5.70 Å². The molecule has 0 aromatic heterocycles. The Morgan fingerprint density at radius 1 is 1.19 bits per heavy atom. The van der Waals surface area contributed by atoms with Crippen LogP contribution in [0.2, 0.25) is 5.02 Å². The predicted octanol–water partition coefficient (Wildman–Crippen LogP) is 4.57. The van der Waals surface area contributed by atoms with Crippen molar-refractivity contribution in [3.63, 3.8) is 0 Å². The van der Waals surface area contributed by atoms with Crippen LogP contribution in [0.3, 0.4) is 0 Å². The van der Waals surface area contributed by atoms with Crippen LogP contribution in [-0.2, 0) is 0 Å². The van der Waals surface area contributed by atoms with Gasteiger partial charge in [0.1, 0.15) is 5.82 Å². The van der Waals surface area contributed by atoms with Crippen LogP contribution in [0.15, 0.2) is 27.8 Å². The number of hydrazone groups is 1. The predicted molar refractivity (Wildman–Crippen MR) is 111 cm³/mol. The molecule has 0 amide bonds. The lowest BCUT2D eigenvalue weighted by Crippen LogP contribution is -2.51. The van der Waals surface area contributed by atoms with Gasteiger partial charge in [0, 0.05) is 43.5 Å². The maximum atomic E-state index is 14.2. The number of aliphatic imine (C=N–C) groups is 1. The van der Waals surface area contributed by atoms with Crippen molar-refractivity contribution >= 4 is 34.7 Å². The van der Waals surface area contributed by atoms with Gasteiger partial charge in [-0.3, -0.25) is 0 Å². The molecule has 7 heteroatoms. The monoisotopic (exact) mass is 391 g/mol. The van der Waals surface area contributed by atoms with Gasteiger partial charge in [-0.05, 0) is 45.9 Å². The molecule has 1 aromatic carbocycles. The molecule has 2 aliphatic heterocycles. The number of hydrogen-bond acceptors (Lipinski definition) is 5. The minimum Gasteiger partial charge on any atom is -0.338 e. The summed E-state index contributed by atoms with van der Waals surface area (Å²) in [5.41, 5.74) is 4.46. The highest BCUT2D eigenvalue weighted by molar-refractivity contribution is 6.31. The maximum absolute atomic E-state index is 14.2. The van der Waals surface area contributed by atoms with E-state index in [-0.39, 0.29) is 5.02 Å². The Hall–Kier alpha value is -1.92. The highest BCUT2D eigenvalue weighted by Gasteiger charge is 2.32. The molecule has 146 valence electrons. The second-order valence-corrected chi connectivity index (χ2v) is 7.73. The number of hydrogen-bond donors (Lipinski definition) is 0. The van der Waals surface area contributed by atoms with E-state index in [2.05, 4.69) is 30.7 Å². The van der Waals surface area contributed by atoms with E-state index in [9.17, 15) is 4.39 Å². The van der Waals surface area contributed by atoms with Gasteiger partial charge >= 0.3 is 0 Å². The Kier molecular flexibility index (Phi) is 5.86. The van der Waals surface area contributed by atoms with Gasteiger partial charge in [0.05, 0.1) is 16.4 Å². The van der Waals surface area contributed by atoms with Gasteiger partial charge in [-0.25, -0.2) is 9.38 Å². The third-order valence-corrected chi connectivity index (χ3v) is 5.23. The summed E-state index contributed by atoms with van der Waals surface area (Å²) in [6, 6.07) is 3.09. The highest BCUT2D eigenvalue weighted by atomic mass is 35.5. The standard InChI is InChI=1S/C20H27ClFN5/c1-6-14(4)19-15-11-16(21)17(22)12-18(15)23-20(27(19)24-13(2)3)26-9-7-25(5)8-10-26/h11-12H,6-10H2,1-5H3/b19-14+. The first kappa shape index (κ1) is 19.8. The number of guanidine groups is 1. The van der Waals surface area contributed by atoms with E-state index >= 15 is 0 Å². The molecule has 0 N–H and O–H groups in total. The van der Waals surface area contributed by atoms with Crippen LogP contribution < -0.4 is 0 Å². The van der Waals surface area contributed by atoms with Crippen LogP contribution in [0.4, 0.5) is 10.1 Å². The topological polar surface area (TPSA) is 34.4 Å². The van der Waals surface area contributed by atoms with Gasteiger partial charge in [-0.15, -0.1) is 0 Å². The second kappa shape index (κ2) is 7.98. The van der Waals surface area contributed by atoms with E-state index in [4.69, 9.17) is 21.7 Å². The van der Waals surface area contributed by atoms with Crippen molar-refractivity contribution in [1.29, 1.82) is 0 Å². The van der Waals surface area contributed by atoms with Crippen LogP contribution in [0, 0.1) is 5.82 Å². The Morgan fingerprint density at radius 3 is 2.44 bits per heavy atom. The molecular formula is C20H27ClFN5. The van der Waals surface area contributed by atoms with Crippen molar-refractivity contribution < 1.29 is 4.39 Å². The molecule has 0 saturated carbocycles. The second-order valence-electron chi connectivity index (χ2n) is 7.33. The quantitative estimate of drug-likeness (QED) is 0.693. The smallest absolute Gasteiger partial charge is 0.227 e. The lowest BCUT2D eigenvalue weighted by molar-refractivity contribution is 0.204. The number of allylic oxidation sites excluding steroid dienone is 1. The summed E-state index contributed by atoms with van der Waals surface area (Å²) in [5, 5.41) is 6.80. The van der Waals surface area contributed by atoms with Crippen molar-refractivity contribution in [2.75, 3.05) is 33.2 Å². The summed E-state index contributed by atoms with van der Waals surface area (Å²) in [4.78, 5) is 9.33. The Morgan fingerprint density at radius 2 is 1.85 bits per heavy atom. The number of fused-ring (bicyclic) bond motifs is 1. The van der Waals surface area contributed by atoms with Crippen molar-refractivity contribution in [1.82, 2.24) is 14.8 Å². The van der Waals surface area contributed by atoms with E-state index in [1.165, 1.54) is 6.07 Å². The van der Waals surface area contributed by atoms with Gasteiger partial charge in [-0.2, -0.15) is 10.1 Å². The summed E-state index contributed by atoms with van der Waals surface area (Å²) in [6.07, 6.45) is 0.856. The number of piperazine rings is 1. The molecule has 5 nitrogen and oxygen atoms in total. The normalized spacial score (nSPS) is 19.6. The minimum absolute atomic E-state index is 0.102. The number of benzene rings is 1. The number of nitrogens with zero attached hydrogens (tertiary/aromatic N) is 5. The van der Waals surface area contributed by atoms with Gasteiger partial charge in [0.25, 0.3) is 0 Å². The van der Waals surface area contributed by atoms with Crippen molar-refractivity contribution in [2.45, 2.75) is 34.1 Å². The lowest BCUT2D eigenvalue weighted by atomic mass is 10.0. The van der Waals surface area contributed by atoms with Gasteiger partial charge < -0.3 is 9.80 Å². The first-order valence-corrected chi connectivity index (χ1v) is 9.73. The summed E-state index contributed by atoms with van der Waals surface area (Å²) in [7, 11) is 2.12. The summed E-state index contributed by atoms with van der Waals surface area (Å²) < 4.78 is 14.2. The number of rotatable bonds is 2. The molecule has 0 unspecified atom stereocenters. The first-order valence-electron chi connectivity index (χ1n) is 9.35. The fourth-order valence-electron chi connectivity index (χ4n) is 3.27. The molecule has 0 bridgehead atoms. The van der Waals surface area contributed by atoms with Gasteiger partial charge in [0.15, 0.2) is 0 Å². The molecular weight excluding hydrogens is 365 g/mol. The fourth-order valence-corrected chi connectivity index (χ4v) is 3.44. The van der Waals surface area contributed by atoms with E-state index in [0.29, 0.717) is 5.69 Å².